The maximum atomic E-state index is 6.01. The molecule has 26 heavy (non-hydrogen) atoms. The van der Waals surface area contributed by atoms with E-state index in [4.69, 9.17) is 16.7 Å². The van der Waals surface area contributed by atoms with Crippen LogP contribution in [0.4, 0.5) is 11.5 Å². The summed E-state index contributed by atoms with van der Waals surface area (Å²) in [7, 11) is 0. The highest BCUT2D eigenvalue weighted by atomic mass is 79.9. The van der Waals surface area contributed by atoms with Crippen LogP contribution in [0, 0.1) is 0 Å². The highest BCUT2D eigenvalue weighted by Crippen LogP contribution is 2.30. The SMILES string of the molecule is Clc1ccc(-c2cc(Nc3ccccc3Br)n(-c3ccccc3)n2)cc1. The monoisotopic (exact) mass is 423 g/mol. The highest BCUT2D eigenvalue weighted by molar-refractivity contribution is 9.10. The van der Waals surface area contributed by atoms with Crippen molar-refractivity contribution in [3.63, 3.8) is 0 Å². The van der Waals surface area contributed by atoms with Crippen LogP contribution in [0.15, 0.2) is 89.4 Å². The summed E-state index contributed by atoms with van der Waals surface area (Å²) in [5, 5.41) is 8.98. The Morgan fingerprint density at radius 2 is 1.54 bits per heavy atom. The maximum Gasteiger partial charge on any atom is 0.134 e. The molecule has 0 aliphatic carbocycles. The first-order valence-electron chi connectivity index (χ1n) is 8.14. The van der Waals surface area contributed by atoms with Gasteiger partial charge in [0.25, 0.3) is 0 Å². The zero-order valence-corrected chi connectivity index (χ0v) is 16.1. The minimum Gasteiger partial charge on any atom is -0.339 e. The van der Waals surface area contributed by atoms with E-state index in [1.807, 2.05) is 89.6 Å². The smallest absolute Gasteiger partial charge is 0.134 e. The lowest BCUT2D eigenvalue weighted by atomic mass is 10.1. The fourth-order valence-corrected chi connectivity index (χ4v) is 3.21. The van der Waals surface area contributed by atoms with Crippen molar-refractivity contribution in [2.24, 2.45) is 0 Å². The van der Waals surface area contributed by atoms with Crippen LogP contribution in [0.3, 0.4) is 0 Å². The summed E-state index contributed by atoms with van der Waals surface area (Å²) in [6.45, 7) is 0. The molecule has 0 bridgehead atoms. The molecule has 4 aromatic rings. The second kappa shape index (κ2) is 7.36. The molecule has 0 unspecified atom stereocenters. The molecule has 0 fully saturated rings. The number of anilines is 2. The Labute approximate surface area is 165 Å². The van der Waals surface area contributed by atoms with Gasteiger partial charge in [-0.15, -0.1) is 0 Å². The number of hydrogen-bond donors (Lipinski definition) is 1. The van der Waals surface area contributed by atoms with Crippen molar-refractivity contribution in [1.29, 1.82) is 0 Å². The molecule has 3 nitrogen and oxygen atoms in total. The van der Waals surface area contributed by atoms with Gasteiger partial charge in [-0.05, 0) is 52.3 Å². The molecule has 1 aromatic heterocycles. The molecule has 0 aliphatic heterocycles. The molecule has 0 saturated carbocycles. The first-order valence-corrected chi connectivity index (χ1v) is 9.31. The van der Waals surface area contributed by atoms with Crippen LogP contribution >= 0.6 is 27.5 Å². The van der Waals surface area contributed by atoms with Crippen molar-refractivity contribution in [1.82, 2.24) is 9.78 Å². The largest absolute Gasteiger partial charge is 0.339 e. The molecule has 0 spiro atoms. The van der Waals surface area contributed by atoms with E-state index in [1.54, 1.807) is 0 Å². The average molecular weight is 425 g/mol. The lowest BCUT2D eigenvalue weighted by Crippen LogP contribution is -2.02. The molecule has 0 atom stereocenters. The predicted molar refractivity (Wildman–Crippen MR) is 111 cm³/mol. The molecule has 1 N–H and O–H groups in total. The summed E-state index contributed by atoms with van der Waals surface area (Å²) in [6, 6.07) is 27.8. The molecular formula is C21H15BrClN3. The van der Waals surface area contributed by atoms with Crippen molar-refractivity contribution in [2.45, 2.75) is 0 Å². The molecule has 0 saturated heterocycles. The molecule has 4 rings (SSSR count). The summed E-state index contributed by atoms with van der Waals surface area (Å²) in [6.07, 6.45) is 0. The Bertz CT molecular complexity index is 1030. The Kier molecular flexibility index (Phi) is 4.78. The van der Waals surface area contributed by atoms with Gasteiger partial charge in [0.05, 0.1) is 17.1 Å². The Balaban J connectivity index is 1.80. The minimum atomic E-state index is 0.711. The van der Waals surface area contributed by atoms with Gasteiger partial charge < -0.3 is 5.32 Å². The molecule has 0 aliphatic rings. The predicted octanol–water partition coefficient (Wildman–Crippen LogP) is 6.70. The molecule has 3 aromatic carbocycles. The van der Waals surface area contributed by atoms with E-state index in [0.29, 0.717) is 5.02 Å². The second-order valence-corrected chi connectivity index (χ2v) is 7.06. The van der Waals surface area contributed by atoms with E-state index < -0.39 is 0 Å². The van der Waals surface area contributed by atoms with E-state index >= 15 is 0 Å². The van der Waals surface area contributed by atoms with Crippen molar-refractivity contribution in [3.05, 3.63) is 94.4 Å². The fourth-order valence-electron chi connectivity index (χ4n) is 2.70. The van der Waals surface area contributed by atoms with Gasteiger partial charge >= 0.3 is 0 Å². The van der Waals surface area contributed by atoms with Crippen molar-refractivity contribution < 1.29 is 0 Å². The van der Waals surface area contributed by atoms with Gasteiger partial charge in [0.2, 0.25) is 0 Å². The normalized spacial score (nSPS) is 10.7. The lowest BCUT2D eigenvalue weighted by Gasteiger charge is -2.10. The van der Waals surface area contributed by atoms with Crippen LogP contribution in [0.2, 0.25) is 5.02 Å². The van der Waals surface area contributed by atoms with Crippen LogP contribution in [0.25, 0.3) is 16.9 Å². The standard InChI is InChI=1S/C21H15BrClN3/c22-18-8-4-5-9-19(18)24-21-14-20(15-10-12-16(23)13-11-15)25-26(21)17-6-2-1-3-7-17/h1-14,24H. The highest BCUT2D eigenvalue weighted by Gasteiger charge is 2.12. The van der Waals surface area contributed by atoms with Crippen LogP contribution < -0.4 is 5.32 Å². The zero-order chi connectivity index (χ0) is 17.9. The second-order valence-electron chi connectivity index (χ2n) is 5.77. The number of rotatable bonds is 4. The topological polar surface area (TPSA) is 29.9 Å². The van der Waals surface area contributed by atoms with Crippen molar-refractivity contribution >= 4 is 39.0 Å². The first-order chi connectivity index (χ1) is 12.7. The number of halogens is 2. The van der Waals surface area contributed by atoms with Crippen molar-refractivity contribution in [2.75, 3.05) is 5.32 Å². The third-order valence-electron chi connectivity index (χ3n) is 3.99. The summed E-state index contributed by atoms with van der Waals surface area (Å²) in [5.41, 5.74) is 3.86. The summed E-state index contributed by atoms with van der Waals surface area (Å²) >= 11 is 9.60. The summed E-state index contributed by atoms with van der Waals surface area (Å²) < 4.78 is 2.90. The maximum absolute atomic E-state index is 6.01. The van der Waals surface area contributed by atoms with Gasteiger partial charge in [0.1, 0.15) is 5.82 Å². The van der Waals surface area contributed by atoms with Gasteiger partial charge in [-0.3, -0.25) is 0 Å². The number of para-hydroxylation sites is 2. The molecule has 5 heteroatoms. The van der Waals surface area contributed by atoms with E-state index in [0.717, 1.165) is 32.9 Å². The van der Waals surface area contributed by atoms with Gasteiger partial charge in [0, 0.05) is 21.1 Å². The third-order valence-corrected chi connectivity index (χ3v) is 4.93. The number of hydrogen-bond acceptors (Lipinski definition) is 2. The lowest BCUT2D eigenvalue weighted by molar-refractivity contribution is 0.892. The zero-order valence-electron chi connectivity index (χ0n) is 13.7. The molecule has 1 heterocycles. The van der Waals surface area contributed by atoms with Gasteiger partial charge in [0.15, 0.2) is 0 Å². The van der Waals surface area contributed by atoms with Gasteiger partial charge in [-0.2, -0.15) is 5.10 Å². The number of aromatic nitrogens is 2. The quantitative estimate of drug-likeness (QED) is 0.395. The molecule has 0 radical (unpaired) electrons. The van der Waals surface area contributed by atoms with E-state index in [-0.39, 0.29) is 0 Å². The Hall–Kier alpha value is -2.56. The average Bonchev–Trinajstić information content (AvgIpc) is 3.09. The Morgan fingerprint density at radius 1 is 0.846 bits per heavy atom. The molecule has 128 valence electrons. The third kappa shape index (κ3) is 3.52. The van der Waals surface area contributed by atoms with Gasteiger partial charge in [-0.25, -0.2) is 4.68 Å². The van der Waals surface area contributed by atoms with Crippen molar-refractivity contribution in [3.8, 4) is 16.9 Å². The minimum absolute atomic E-state index is 0.711. The van der Waals surface area contributed by atoms with Crippen LogP contribution in [-0.4, -0.2) is 9.78 Å². The number of nitrogens with zero attached hydrogens (tertiary/aromatic N) is 2. The van der Waals surface area contributed by atoms with E-state index in [9.17, 15) is 0 Å². The Morgan fingerprint density at radius 3 is 2.27 bits per heavy atom. The number of nitrogens with one attached hydrogen (secondary N) is 1. The molecule has 0 amide bonds. The van der Waals surface area contributed by atoms with Crippen LogP contribution in [0.5, 0.6) is 0 Å². The summed E-state index contributed by atoms with van der Waals surface area (Å²) in [4.78, 5) is 0. The van der Waals surface area contributed by atoms with E-state index in [1.165, 1.54) is 0 Å². The first kappa shape index (κ1) is 16.9. The van der Waals surface area contributed by atoms with Gasteiger partial charge in [-0.1, -0.05) is 54.1 Å². The molecular weight excluding hydrogens is 410 g/mol. The van der Waals surface area contributed by atoms with Crippen LogP contribution in [0.1, 0.15) is 0 Å². The fraction of sp³-hybridized carbons (Fsp3) is 0. The summed E-state index contributed by atoms with van der Waals surface area (Å²) in [5.74, 6) is 0.882. The van der Waals surface area contributed by atoms with Crippen LogP contribution in [-0.2, 0) is 0 Å². The van der Waals surface area contributed by atoms with E-state index in [2.05, 4.69) is 21.2 Å². The number of benzene rings is 3.